The first-order chi connectivity index (χ1) is 9.02. The second kappa shape index (κ2) is 10.4. The zero-order valence-corrected chi connectivity index (χ0v) is 11.6. The summed E-state index contributed by atoms with van der Waals surface area (Å²) in [7, 11) is 3.16. The van der Waals surface area contributed by atoms with E-state index in [0.29, 0.717) is 39.1 Å². The average molecular weight is 276 g/mol. The Balaban J connectivity index is 4.31. The van der Waals surface area contributed by atoms with E-state index in [-0.39, 0.29) is 6.67 Å². The lowest BCUT2D eigenvalue weighted by Gasteiger charge is -2.28. The number of nitrogens with two attached hydrogens (primary N) is 2. The number of hydrogen-bond donors (Lipinski definition) is 2. The summed E-state index contributed by atoms with van der Waals surface area (Å²) in [6, 6.07) is -1.18. The first kappa shape index (κ1) is 17.5. The van der Waals surface area contributed by atoms with E-state index < -0.39 is 12.1 Å². The van der Waals surface area contributed by atoms with Crippen molar-refractivity contribution in [2.24, 2.45) is 11.5 Å². The average Bonchev–Trinajstić information content (AvgIpc) is 2.35. The van der Waals surface area contributed by atoms with Crippen LogP contribution in [0, 0.1) is 0 Å². The van der Waals surface area contributed by atoms with Crippen molar-refractivity contribution in [2.75, 3.05) is 47.2 Å². The number of carbonyl (C=O) groups is 2. The molecule has 0 aromatic carbocycles. The Bertz CT molecular complexity index is 249. The summed E-state index contributed by atoms with van der Waals surface area (Å²) >= 11 is 0. The van der Waals surface area contributed by atoms with Crippen LogP contribution in [0.4, 0.5) is 9.59 Å². The van der Waals surface area contributed by atoms with Crippen molar-refractivity contribution in [1.29, 1.82) is 0 Å². The van der Waals surface area contributed by atoms with Crippen LogP contribution in [0.15, 0.2) is 0 Å². The predicted octanol–water partition coefficient (Wildman–Crippen LogP) is -0.222. The Morgan fingerprint density at radius 3 is 1.53 bits per heavy atom. The fourth-order valence-electron chi connectivity index (χ4n) is 1.51. The lowest BCUT2D eigenvalue weighted by Crippen LogP contribution is -2.49. The van der Waals surface area contributed by atoms with E-state index in [2.05, 4.69) is 0 Å². The number of hydrogen-bond acceptors (Lipinski definition) is 4. The van der Waals surface area contributed by atoms with Gasteiger partial charge in [0.1, 0.15) is 0 Å². The number of carbonyl (C=O) groups excluding carboxylic acids is 2. The molecule has 8 heteroatoms. The molecule has 0 rings (SSSR count). The van der Waals surface area contributed by atoms with Gasteiger partial charge in [0.15, 0.2) is 0 Å². The quantitative estimate of drug-likeness (QED) is 0.424. The molecule has 0 aliphatic rings. The van der Waals surface area contributed by atoms with Gasteiger partial charge in [-0.05, 0) is 12.8 Å². The van der Waals surface area contributed by atoms with Gasteiger partial charge in [-0.3, -0.25) is 0 Å². The number of amides is 4. The smallest absolute Gasteiger partial charge is 0.316 e. The van der Waals surface area contributed by atoms with Gasteiger partial charge in [-0.15, -0.1) is 0 Å². The summed E-state index contributed by atoms with van der Waals surface area (Å²) in [6.07, 6.45) is 1.29. The predicted molar refractivity (Wildman–Crippen MR) is 70.4 cm³/mol. The summed E-state index contributed by atoms with van der Waals surface area (Å²) in [5, 5.41) is 0. The molecule has 4 amide bonds. The normalized spacial score (nSPS) is 10.2. The largest absolute Gasteiger partial charge is 0.385 e. The van der Waals surface area contributed by atoms with E-state index in [1.54, 1.807) is 14.2 Å². The van der Waals surface area contributed by atoms with E-state index >= 15 is 0 Å². The molecule has 0 saturated heterocycles. The van der Waals surface area contributed by atoms with Crippen LogP contribution in [0.2, 0.25) is 0 Å². The van der Waals surface area contributed by atoms with Gasteiger partial charge in [-0.1, -0.05) is 0 Å². The number of primary amides is 2. The van der Waals surface area contributed by atoms with Crippen molar-refractivity contribution < 1.29 is 19.1 Å². The maximum absolute atomic E-state index is 11.3. The molecular formula is C11H24N4O4. The molecule has 19 heavy (non-hydrogen) atoms. The Kier molecular flexibility index (Phi) is 9.55. The standard InChI is InChI=1S/C11H24N4O4/c1-18-7-3-5-14(10(12)16)9-15(11(13)17)6-4-8-19-2/h3-9H2,1-2H3,(H2,12,16)(H2,13,17). The van der Waals surface area contributed by atoms with E-state index in [0.717, 1.165) is 0 Å². The molecule has 0 aliphatic heterocycles. The molecule has 0 fully saturated rings. The van der Waals surface area contributed by atoms with Crippen LogP contribution >= 0.6 is 0 Å². The van der Waals surface area contributed by atoms with Crippen LogP contribution in [0.1, 0.15) is 12.8 Å². The molecule has 0 saturated carbocycles. The van der Waals surface area contributed by atoms with Crippen molar-refractivity contribution in [3.63, 3.8) is 0 Å². The summed E-state index contributed by atoms with van der Waals surface area (Å²) in [4.78, 5) is 25.3. The monoisotopic (exact) mass is 276 g/mol. The molecule has 0 aromatic rings. The van der Waals surface area contributed by atoms with Crippen molar-refractivity contribution >= 4 is 12.1 Å². The molecule has 0 unspecified atom stereocenters. The van der Waals surface area contributed by atoms with Crippen LogP contribution in [0.3, 0.4) is 0 Å². The van der Waals surface area contributed by atoms with Crippen molar-refractivity contribution in [3.8, 4) is 0 Å². The second-order valence-electron chi connectivity index (χ2n) is 4.04. The van der Waals surface area contributed by atoms with Crippen LogP contribution in [-0.4, -0.2) is 69.1 Å². The van der Waals surface area contributed by atoms with E-state index in [9.17, 15) is 9.59 Å². The first-order valence-corrected chi connectivity index (χ1v) is 6.09. The number of nitrogens with zero attached hydrogens (tertiary/aromatic N) is 2. The van der Waals surface area contributed by atoms with E-state index in [4.69, 9.17) is 20.9 Å². The maximum Gasteiger partial charge on any atom is 0.316 e. The summed E-state index contributed by atoms with van der Waals surface area (Å²) < 4.78 is 9.81. The molecule has 0 bridgehead atoms. The third-order valence-electron chi connectivity index (χ3n) is 2.52. The Labute approximate surface area is 113 Å². The van der Waals surface area contributed by atoms with Gasteiger partial charge in [0.25, 0.3) is 0 Å². The lowest BCUT2D eigenvalue weighted by atomic mass is 10.4. The Morgan fingerprint density at radius 1 is 0.895 bits per heavy atom. The van der Waals surface area contributed by atoms with Crippen molar-refractivity contribution in [2.45, 2.75) is 12.8 Å². The fraction of sp³-hybridized carbons (Fsp3) is 0.818. The number of urea groups is 2. The molecule has 112 valence electrons. The third kappa shape index (κ3) is 8.22. The zero-order chi connectivity index (χ0) is 14.7. The van der Waals surface area contributed by atoms with Gasteiger partial charge in [-0.2, -0.15) is 0 Å². The molecule has 0 atom stereocenters. The van der Waals surface area contributed by atoms with Gasteiger partial charge < -0.3 is 30.7 Å². The van der Waals surface area contributed by atoms with Crippen LogP contribution in [-0.2, 0) is 9.47 Å². The minimum atomic E-state index is -0.589. The van der Waals surface area contributed by atoms with Crippen molar-refractivity contribution in [1.82, 2.24) is 9.80 Å². The SMILES string of the molecule is COCCCN(CN(CCCOC)C(N)=O)C(N)=O. The zero-order valence-electron chi connectivity index (χ0n) is 11.6. The van der Waals surface area contributed by atoms with Gasteiger partial charge in [0.2, 0.25) is 0 Å². The highest BCUT2D eigenvalue weighted by Crippen LogP contribution is 1.99. The van der Waals surface area contributed by atoms with Gasteiger partial charge in [0.05, 0.1) is 6.67 Å². The highest BCUT2D eigenvalue weighted by Gasteiger charge is 2.16. The third-order valence-corrected chi connectivity index (χ3v) is 2.52. The highest BCUT2D eigenvalue weighted by atomic mass is 16.5. The molecule has 4 N–H and O–H groups in total. The van der Waals surface area contributed by atoms with Crippen LogP contribution < -0.4 is 11.5 Å². The lowest BCUT2D eigenvalue weighted by molar-refractivity contribution is 0.130. The number of methoxy groups -OCH3 is 2. The molecule has 0 spiro atoms. The highest BCUT2D eigenvalue weighted by molar-refractivity contribution is 5.74. The topological polar surface area (TPSA) is 111 Å². The number of ether oxygens (including phenoxy) is 2. The first-order valence-electron chi connectivity index (χ1n) is 6.09. The molecule has 0 heterocycles. The second-order valence-corrected chi connectivity index (χ2v) is 4.04. The van der Waals surface area contributed by atoms with Gasteiger partial charge in [0, 0.05) is 40.5 Å². The van der Waals surface area contributed by atoms with Crippen molar-refractivity contribution in [3.05, 3.63) is 0 Å². The maximum atomic E-state index is 11.3. The van der Waals surface area contributed by atoms with Crippen LogP contribution in [0.5, 0.6) is 0 Å². The molecule has 8 nitrogen and oxygen atoms in total. The molecule has 0 aliphatic carbocycles. The fourth-order valence-corrected chi connectivity index (χ4v) is 1.51. The molecular weight excluding hydrogens is 252 g/mol. The van der Waals surface area contributed by atoms with Crippen LogP contribution in [0.25, 0.3) is 0 Å². The number of rotatable bonds is 10. The van der Waals surface area contributed by atoms with E-state index in [1.165, 1.54) is 9.80 Å². The molecule has 0 aromatic heterocycles. The van der Waals surface area contributed by atoms with Gasteiger partial charge in [-0.25, -0.2) is 9.59 Å². The molecule has 0 radical (unpaired) electrons. The minimum absolute atomic E-state index is 0.0814. The Morgan fingerprint density at radius 2 is 1.26 bits per heavy atom. The van der Waals surface area contributed by atoms with Gasteiger partial charge >= 0.3 is 12.1 Å². The Hall–Kier alpha value is -1.54. The van der Waals surface area contributed by atoms with E-state index in [1.807, 2.05) is 0 Å². The summed E-state index contributed by atoms with van der Waals surface area (Å²) in [5.41, 5.74) is 10.5. The summed E-state index contributed by atoms with van der Waals surface area (Å²) in [5.74, 6) is 0. The minimum Gasteiger partial charge on any atom is -0.385 e. The summed E-state index contributed by atoms with van der Waals surface area (Å²) in [6.45, 7) is 1.95.